The SMILES string of the molecule is COCC[C@H]1OC[C@@H](CCl)O1. The van der Waals surface area contributed by atoms with E-state index in [-0.39, 0.29) is 12.4 Å². The van der Waals surface area contributed by atoms with Crippen molar-refractivity contribution in [1.29, 1.82) is 0 Å². The maximum Gasteiger partial charge on any atom is 0.160 e. The van der Waals surface area contributed by atoms with E-state index in [1.807, 2.05) is 0 Å². The topological polar surface area (TPSA) is 27.7 Å². The van der Waals surface area contributed by atoms with Gasteiger partial charge in [-0.25, -0.2) is 0 Å². The van der Waals surface area contributed by atoms with Crippen LogP contribution in [0, 0.1) is 0 Å². The molecular formula is C7H13ClO3. The normalized spacial score (nSPS) is 31.1. The summed E-state index contributed by atoms with van der Waals surface area (Å²) in [5, 5.41) is 0. The van der Waals surface area contributed by atoms with E-state index in [1.165, 1.54) is 0 Å². The van der Waals surface area contributed by atoms with E-state index in [1.54, 1.807) is 7.11 Å². The monoisotopic (exact) mass is 180 g/mol. The molecule has 1 heterocycles. The molecule has 0 radical (unpaired) electrons. The van der Waals surface area contributed by atoms with E-state index in [2.05, 4.69) is 0 Å². The van der Waals surface area contributed by atoms with Crippen LogP contribution in [0.3, 0.4) is 0 Å². The molecule has 4 heteroatoms. The van der Waals surface area contributed by atoms with Crippen LogP contribution < -0.4 is 0 Å². The molecule has 1 rings (SSSR count). The summed E-state index contributed by atoms with van der Waals surface area (Å²) in [5.41, 5.74) is 0. The van der Waals surface area contributed by atoms with E-state index in [9.17, 15) is 0 Å². The number of alkyl halides is 1. The van der Waals surface area contributed by atoms with E-state index in [0.717, 1.165) is 6.42 Å². The number of hydrogen-bond acceptors (Lipinski definition) is 3. The fourth-order valence-corrected chi connectivity index (χ4v) is 1.12. The lowest BCUT2D eigenvalue weighted by Crippen LogP contribution is -2.14. The van der Waals surface area contributed by atoms with Crippen LogP contribution in [-0.4, -0.2) is 38.6 Å². The second-order valence-electron chi connectivity index (χ2n) is 2.46. The Morgan fingerprint density at radius 2 is 2.45 bits per heavy atom. The molecule has 1 aliphatic heterocycles. The van der Waals surface area contributed by atoms with Gasteiger partial charge in [0.2, 0.25) is 0 Å². The van der Waals surface area contributed by atoms with Crippen LogP contribution in [0.1, 0.15) is 6.42 Å². The van der Waals surface area contributed by atoms with Crippen LogP contribution >= 0.6 is 11.6 Å². The van der Waals surface area contributed by atoms with Crippen LogP contribution in [-0.2, 0) is 14.2 Å². The van der Waals surface area contributed by atoms with Crippen molar-refractivity contribution in [3.63, 3.8) is 0 Å². The van der Waals surface area contributed by atoms with E-state index in [0.29, 0.717) is 19.1 Å². The first-order valence-corrected chi connectivity index (χ1v) is 4.22. The highest BCUT2D eigenvalue weighted by atomic mass is 35.5. The van der Waals surface area contributed by atoms with Gasteiger partial charge < -0.3 is 14.2 Å². The first kappa shape index (κ1) is 9.26. The molecule has 0 N–H and O–H groups in total. The smallest absolute Gasteiger partial charge is 0.160 e. The highest BCUT2D eigenvalue weighted by Crippen LogP contribution is 2.15. The van der Waals surface area contributed by atoms with Crippen molar-refractivity contribution in [3.8, 4) is 0 Å². The summed E-state index contributed by atoms with van der Waals surface area (Å²) < 4.78 is 15.5. The summed E-state index contributed by atoms with van der Waals surface area (Å²) >= 11 is 5.57. The van der Waals surface area contributed by atoms with Crippen LogP contribution in [0.15, 0.2) is 0 Å². The summed E-state index contributed by atoms with van der Waals surface area (Å²) in [6.07, 6.45) is 0.737. The lowest BCUT2D eigenvalue weighted by atomic mass is 10.4. The minimum atomic E-state index is -0.112. The number of halogens is 1. The van der Waals surface area contributed by atoms with Crippen LogP contribution in [0.2, 0.25) is 0 Å². The van der Waals surface area contributed by atoms with Gasteiger partial charge in [0.15, 0.2) is 6.29 Å². The molecule has 0 aromatic carbocycles. The molecule has 0 bridgehead atoms. The molecule has 11 heavy (non-hydrogen) atoms. The van der Waals surface area contributed by atoms with Gasteiger partial charge in [-0.2, -0.15) is 0 Å². The predicted molar refractivity (Wildman–Crippen MR) is 41.8 cm³/mol. The van der Waals surface area contributed by atoms with Crippen LogP contribution in [0.4, 0.5) is 0 Å². The molecule has 0 spiro atoms. The molecule has 3 nitrogen and oxygen atoms in total. The molecule has 0 unspecified atom stereocenters. The van der Waals surface area contributed by atoms with Gasteiger partial charge in [-0.1, -0.05) is 0 Å². The number of ether oxygens (including phenoxy) is 3. The molecule has 0 saturated carbocycles. The zero-order valence-corrected chi connectivity index (χ0v) is 7.34. The molecule has 1 fully saturated rings. The maximum atomic E-state index is 5.57. The van der Waals surface area contributed by atoms with Gasteiger partial charge in [0.05, 0.1) is 25.2 Å². The first-order chi connectivity index (χ1) is 5.36. The van der Waals surface area contributed by atoms with Crippen molar-refractivity contribution in [2.75, 3.05) is 26.2 Å². The Bertz CT molecular complexity index is 110. The quantitative estimate of drug-likeness (QED) is 0.605. The number of rotatable bonds is 4. The Morgan fingerprint density at radius 3 is 3.00 bits per heavy atom. The molecule has 0 aromatic rings. The summed E-state index contributed by atoms with van der Waals surface area (Å²) in [6, 6.07) is 0. The van der Waals surface area contributed by atoms with Crippen molar-refractivity contribution in [3.05, 3.63) is 0 Å². The molecule has 66 valence electrons. The van der Waals surface area contributed by atoms with Gasteiger partial charge in [0, 0.05) is 13.5 Å². The molecule has 0 amide bonds. The summed E-state index contributed by atoms with van der Waals surface area (Å²) in [5.74, 6) is 0.503. The van der Waals surface area contributed by atoms with Crippen LogP contribution in [0.5, 0.6) is 0 Å². The maximum absolute atomic E-state index is 5.57. The van der Waals surface area contributed by atoms with E-state index >= 15 is 0 Å². The third-order valence-electron chi connectivity index (χ3n) is 1.54. The Hall–Kier alpha value is 0.170. The molecule has 0 aromatic heterocycles. The second kappa shape index (κ2) is 4.93. The average Bonchev–Trinajstić information content (AvgIpc) is 2.48. The van der Waals surface area contributed by atoms with Crippen LogP contribution in [0.25, 0.3) is 0 Å². The standard InChI is InChI=1S/C7H13ClO3/c1-9-3-2-7-10-5-6(4-8)11-7/h6-7H,2-5H2,1H3/t6-,7+/m1/s1. The number of hydrogen-bond donors (Lipinski definition) is 0. The van der Waals surface area contributed by atoms with Gasteiger partial charge in [0.1, 0.15) is 0 Å². The van der Waals surface area contributed by atoms with Gasteiger partial charge in [-0.3, -0.25) is 0 Å². The van der Waals surface area contributed by atoms with E-state index < -0.39 is 0 Å². The van der Waals surface area contributed by atoms with Crippen molar-refractivity contribution in [1.82, 2.24) is 0 Å². The average molecular weight is 181 g/mol. The zero-order chi connectivity index (χ0) is 8.10. The number of methoxy groups -OCH3 is 1. The molecule has 2 atom stereocenters. The molecule has 1 aliphatic rings. The van der Waals surface area contributed by atoms with Crippen molar-refractivity contribution < 1.29 is 14.2 Å². The van der Waals surface area contributed by atoms with Gasteiger partial charge >= 0.3 is 0 Å². The van der Waals surface area contributed by atoms with Gasteiger partial charge in [0.25, 0.3) is 0 Å². The third-order valence-corrected chi connectivity index (χ3v) is 1.89. The summed E-state index contributed by atoms with van der Waals surface area (Å²) in [7, 11) is 1.66. The van der Waals surface area contributed by atoms with Crippen molar-refractivity contribution >= 4 is 11.6 Å². The van der Waals surface area contributed by atoms with E-state index in [4.69, 9.17) is 25.8 Å². The lowest BCUT2D eigenvalue weighted by Gasteiger charge is -2.08. The fourth-order valence-electron chi connectivity index (χ4n) is 0.954. The first-order valence-electron chi connectivity index (χ1n) is 3.68. The fraction of sp³-hybridized carbons (Fsp3) is 1.00. The third kappa shape index (κ3) is 2.95. The Morgan fingerprint density at radius 1 is 1.64 bits per heavy atom. The Balaban J connectivity index is 2.09. The molecular weight excluding hydrogens is 168 g/mol. The van der Waals surface area contributed by atoms with Gasteiger partial charge in [-0.15, -0.1) is 11.6 Å². The molecule has 1 saturated heterocycles. The predicted octanol–water partition coefficient (Wildman–Crippen LogP) is 1.00. The van der Waals surface area contributed by atoms with Crippen molar-refractivity contribution in [2.24, 2.45) is 0 Å². The van der Waals surface area contributed by atoms with Crippen molar-refractivity contribution in [2.45, 2.75) is 18.8 Å². The lowest BCUT2D eigenvalue weighted by molar-refractivity contribution is -0.0691. The minimum absolute atomic E-state index is 0.0681. The highest BCUT2D eigenvalue weighted by molar-refractivity contribution is 6.18. The summed E-state index contributed by atoms with van der Waals surface area (Å²) in [4.78, 5) is 0. The van der Waals surface area contributed by atoms with Gasteiger partial charge in [-0.05, 0) is 0 Å². The summed E-state index contributed by atoms with van der Waals surface area (Å²) in [6.45, 7) is 1.28. The Labute approximate surface area is 71.6 Å². The molecule has 0 aliphatic carbocycles. The Kier molecular flexibility index (Phi) is 4.15. The minimum Gasteiger partial charge on any atom is -0.384 e. The zero-order valence-electron chi connectivity index (χ0n) is 6.59. The largest absolute Gasteiger partial charge is 0.384 e. The highest BCUT2D eigenvalue weighted by Gasteiger charge is 2.24. The second-order valence-corrected chi connectivity index (χ2v) is 2.77.